The van der Waals surface area contributed by atoms with Crippen LogP contribution >= 0.6 is 11.3 Å². The zero-order chi connectivity index (χ0) is 11.6. The Kier molecular flexibility index (Phi) is 3.65. The largest absolute Gasteiger partial charge is 0.325 e. The van der Waals surface area contributed by atoms with Crippen LogP contribution in [0.15, 0.2) is 6.20 Å². The topological polar surface area (TPSA) is 38.9 Å². The number of hydrogen-bond donors (Lipinski definition) is 1. The van der Waals surface area contributed by atoms with Gasteiger partial charge in [0.05, 0.1) is 5.01 Å². The van der Waals surface area contributed by atoms with Gasteiger partial charge < -0.3 is 5.73 Å². The van der Waals surface area contributed by atoms with E-state index in [4.69, 9.17) is 5.73 Å². The number of hydrogen-bond acceptors (Lipinski definition) is 3. The summed E-state index contributed by atoms with van der Waals surface area (Å²) in [5.74, 6) is 0.917. The monoisotopic (exact) mass is 238 g/mol. The molecule has 3 heteroatoms. The van der Waals surface area contributed by atoms with Crippen molar-refractivity contribution >= 4 is 11.3 Å². The van der Waals surface area contributed by atoms with Gasteiger partial charge in [-0.1, -0.05) is 13.3 Å². The van der Waals surface area contributed by atoms with Gasteiger partial charge in [-0.05, 0) is 38.5 Å². The molecule has 90 valence electrons. The highest BCUT2D eigenvalue weighted by Gasteiger charge is 2.31. The molecule has 0 aromatic carbocycles. The summed E-state index contributed by atoms with van der Waals surface area (Å²) in [6.07, 6.45) is 9.33. The van der Waals surface area contributed by atoms with Crippen LogP contribution in [0.25, 0.3) is 0 Å². The van der Waals surface area contributed by atoms with Gasteiger partial charge in [-0.2, -0.15) is 0 Å². The summed E-state index contributed by atoms with van der Waals surface area (Å²) >= 11 is 1.80. The molecule has 2 N–H and O–H groups in total. The maximum Gasteiger partial charge on any atom is 0.0896 e. The normalized spacial score (nSPS) is 30.6. The molecule has 0 amide bonds. The van der Waals surface area contributed by atoms with E-state index in [1.165, 1.54) is 37.0 Å². The summed E-state index contributed by atoms with van der Waals surface area (Å²) in [7, 11) is 0. The van der Waals surface area contributed by atoms with Gasteiger partial charge >= 0.3 is 0 Å². The van der Waals surface area contributed by atoms with Crippen LogP contribution in [0, 0.1) is 12.8 Å². The van der Waals surface area contributed by atoms with Crippen molar-refractivity contribution in [2.24, 2.45) is 11.7 Å². The van der Waals surface area contributed by atoms with Gasteiger partial charge in [0.2, 0.25) is 0 Å². The standard InChI is InChI=1S/C13H22N2S/c1-3-11-4-6-13(14,7-5-11)8-12-9-15-10(2)16-12/h9,11H,3-8,14H2,1-2H3. The van der Waals surface area contributed by atoms with E-state index in [9.17, 15) is 0 Å². The molecule has 0 saturated heterocycles. The Hall–Kier alpha value is -0.410. The Morgan fingerprint density at radius 1 is 1.50 bits per heavy atom. The second-order valence-corrected chi connectivity index (χ2v) is 6.56. The van der Waals surface area contributed by atoms with E-state index in [0.29, 0.717) is 0 Å². The van der Waals surface area contributed by atoms with E-state index >= 15 is 0 Å². The zero-order valence-corrected chi connectivity index (χ0v) is 11.1. The molecule has 0 aliphatic heterocycles. The molecular weight excluding hydrogens is 216 g/mol. The molecule has 1 aliphatic carbocycles. The molecule has 0 unspecified atom stereocenters. The van der Waals surface area contributed by atoms with Crippen molar-refractivity contribution in [3.05, 3.63) is 16.1 Å². The van der Waals surface area contributed by atoms with E-state index in [0.717, 1.165) is 17.3 Å². The van der Waals surface area contributed by atoms with Crippen molar-refractivity contribution in [2.45, 2.75) is 57.9 Å². The Morgan fingerprint density at radius 3 is 2.69 bits per heavy atom. The smallest absolute Gasteiger partial charge is 0.0896 e. The van der Waals surface area contributed by atoms with E-state index in [-0.39, 0.29) is 5.54 Å². The summed E-state index contributed by atoms with van der Waals surface area (Å²) in [6, 6.07) is 0. The predicted octanol–water partition coefficient (Wildman–Crippen LogP) is 3.29. The first kappa shape index (κ1) is 12.1. The minimum atomic E-state index is 0.0463. The molecule has 0 atom stereocenters. The lowest BCUT2D eigenvalue weighted by Crippen LogP contribution is -2.45. The zero-order valence-electron chi connectivity index (χ0n) is 10.3. The predicted molar refractivity (Wildman–Crippen MR) is 69.7 cm³/mol. The Morgan fingerprint density at radius 2 is 2.19 bits per heavy atom. The summed E-state index contributed by atoms with van der Waals surface area (Å²) in [6.45, 7) is 4.35. The molecule has 1 aliphatic rings. The van der Waals surface area contributed by atoms with Crippen LogP contribution in [0.3, 0.4) is 0 Å². The van der Waals surface area contributed by atoms with Gasteiger partial charge in [-0.15, -0.1) is 11.3 Å². The van der Waals surface area contributed by atoms with Gasteiger partial charge in [-0.3, -0.25) is 0 Å². The molecular formula is C13H22N2S. The lowest BCUT2D eigenvalue weighted by atomic mass is 9.74. The van der Waals surface area contributed by atoms with Gasteiger partial charge in [0, 0.05) is 23.0 Å². The number of rotatable bonds is 3. The van der Waals surface area contributed by atoms with E-state index in [2.05, 4.69) is 18.8 Å². The highest BCUT2D eigenvalue weighted by molar-refractivity contribution is 7.11. The first-order valence-electron chi connectivity index (χ1n) is 6.31. The van der Waals surface area contributed by atoms with Crippen LogP contribution in [-0.2, 0) is 6.42 Å². The summed E-state index contributed by atoms with van der Waals surface area (Å²) in [5, 5.41) is 1.15. The van der Waals surface area contributed by atoms with Gasteiger partial charge in [0.1, 0.15) is 0 Å². The van der Waals surface area contributed by atoms with E-state index < -0.39 is 0 Å². The fourth-order valence-electron chi connectivity index (χ4n) is 2.67. The van der Waals surface area contributed by atoms with Gasteiger partial charge in [0.25, 0.3) is 0 Å². The molecule has 1 heterocycles. The second-order valence-electron chi connectivity index (χ2n) is 5.24. The lowest BCUT2D eigenvalue weighted by molar-refractivity contribution is 0.229. The Balaban J connectivity index is 1.94. The molecule has 2 nitrogen and oxygen atoms in total. The second kappa shape index (κ2) is 4.84. The molecule has 16 heavy (non-hydrogen) atoms. The third kappa shape index (κ3) is 2.83. The fraction of sp³-hybridized carbons (Fsp3) is 0.769. The third-order valence-corrected chi connectivity index (χ3v) is 4.79. The summed E-state index contributed by atoms with van der Waals surface area (Å²) in [4.78, 5) is 5.66. The highest BCUT2D eigenvalue weighted by Crippen LogP contribution is 2.34. The van der Waals surface area contributed by atoms with Crippen LogP contribution in [0.2, 0.25) is 0 Å². The molecule has 0 radical (unpaired) electrons. The maximum atomic E-state index is 6.50. The minimum Gasteiger partial charge on any atom is -0.325 e. The number of aromatic nitrogens is 1. The maximum absolute atomic E-state index is 6.50. The molecule has 0 spiro atoms. The van der Waals surface area contributed by atoms with Crippen molar-refractivity contribution in [3.63, 3.8) is 0 Å². The van der Waals surface area contributed by atoms with E-state index in [1.54, 1.807) is 11.3 Å². The van der Waals surface area contributed by atoms with Gasteiger partial charge in [0.15, 0.2) is 0 Å². The number of nitrogens with two attached hydrogens (primary N) is 1. The SMILES string of the molecule is CCC1CCC(N)(Cc2cnc(C)s2)CC1. The lowest BCUT2D eigenvalue weighted by Gasteiger charge is -2.36. The minimum absolute atomic E-state index is 0.0463. The summed E-state index contributed by atoms with van der Waals surface area (Å²) < 4.78 is 0. The first-order chi connectivity index (χ1) is 7.61. The van der Waals surface area contributed by atoms with Crippen LogP contribution in [0.1, 0.15) is 48.9 Å². The molecule has 0 bridgehead atoms. The van der Waals surface area contributed by atoms with Crippen molar-refractivity contribution in [2.75, 3.05) is 0 Å². The van der Waals surface area contributed by atoms with Crippen molar-refractivity contribution < 1.29 is 0 Å². The quantitative estimate of drug-likeness (QED) is 0.877. The third-order valence-electron chi connectivity index (χ3n) is 3.87. The Labute approximate surface area is 102 Å². The van der Waals surface area contributed by atoms with Crippen LogP contribution in [-0.4, -0.2) is 10.5 Å². The average molecular weight is 238 g/mol. The van der Waals surface area contributed by atoms with Crippen molar-refractivity contribution in [1.29, 1.82) is 0 Å². The molecule has 1 fully saturated rings. The van der Waals surface area contributed by atoms with Crippen LogP contribution in [0.5, 0.6) is 0 Å². The number of nitrogens with zero attached hydrogens (tertiary/aromatic N) is 1. The van der Waals surface area contributed by atoms with Gasteiger partial charge in [-0.25, -0.2) is 4.98 Å². The van der Waals surface area contributed by atoms with Crippen LogP contribution in [0.4, 0.5) is 0 Å². The van der Waals surface area contributed by atoms with Crippen molar-refractivity contribution in [1.82, 2.24) is 4.98 Å². The van der Waals surface area contributed by atoms with Crippen molar-refractivity contribution in [3.8, 4) is 0 Å². The molecule has 1 aromatic rings. The first-order valence-corrected chi connectivity index (χ1v) is 7.13. The number of thiazole rings is 1. The highest BCUT2D eigenvalue weighted by atomic mass is 32.1. The van der Waals surface area contributed by atoms with E-state index in [1.807, 2.05) is 6.20 Å². The molecule has 2 rings (SSSR count). The average Bonchev–Trinajstić information content (AvgIpc) is 2.64. The van der Waals surface area contributed by atoms with Crippen LogP contribution < -0.4 is 5.73 Å². The molecule has 1 aromatic heterocycles. The summed E-state index contributed by atoms with van der Waals surface area (Å²) in [5.41, 5.74) is 6.54. The number of aryl methyl sites for hydroxylation is 1. The fourth-order valence-corrected chi connectivity index (χ4v) is 3.62. The Bertz CT molecular complexity index is 337. The molecule has 1 saturated carbocycles.